The fraction of sp³-hybridized carbons (Fsp3) is 0.300. The van der Waals surface area contributed by atoms with Gasteiger partial charge in [-0.2, -0.15) is 0 Å². The smallest absolute Gasteiger partial charge is 0.305 e. The van der Waals surface area contributed by atoms with Gasteiger partial charge in [0.25, 0.3) is 0 Å². The maximum absolute atomic E-state index is 10.5. The second-order valence-electron chi connectivity index (χ2n) is 3.62. The first-order valence-electron chi connectivity index (χ1n) is 5.07. The van der Waals surface area contributed by atoms with E-state index in [1.54, 1.807) is 12.4 Å². The van der Waals surface area contributed by atoms with E-state index in [4.69, 9.17) is 5.11 Å². The van der Waals surface area contributed by atoms with Gasteiger partial charge in [0.05, 0.1) is 13.0 Å². The number of aryl methyl sites for hydroxylation is 2. The molecule has 0 fully saturated rings. The predicted molar refractivity (Wildman–Crippen MR) is 58.0 cm³/mol. The number of tetrazole rings is 1. The van der Waals surface area contributed by atoms with Crippen LogP contribution < -0.4 is 0 Å². The Morgan fingerprint density at radius 2 is 2.29 bits per heavy atom. The molecule has 88 valence electrons. The summed E-state index contributed by atoms with van der Waals surface area (Å²) >= 11 is 0. The quantitative estimate of drug-likeness (QED) is 0.827. The second kappa shape index (κ2) is 4.69. The Balaban J connectivity index is 2.27. The number of pyridine rings is 1. The summed E-state index contributed by atoms with van der Waals surface area (Å²) in [6, 6.07) is 1.90. The van der Waals surface area contributed by atoms with Crippen LogP contribution in [0.3, 0.4) is 0 Å². The Hall–Kier alpha value is -2.31. The minimum absolute atomic E-state index is 0.0166. The number of hydrogen-bond acceptors (Lipinski definition) is 5. The summed E-state index contributed by atoms with van der Waals surface area (Å²) in [6.07, 6.45) is 3.36. The van der Waals surface area contributed by atoms with Crippen LogP contribution >= 0.6 is 0 Å². The average Bonchev–Trinajstić information content (AvgIpc) is 2.74. The molecule has 7 nitrogen and oxygen atoms in total. The van der Waals surface area contributed by atoms with E-state index in [2.05, 4.69) is 20.5 Å². The summed E-state index contributed by atoms with van der Waals surface area (Å²) in [5.41, 5.74) is 1.77. The molecule has 0 aromatic carbocycles. The third-order valence-corrected chi connectivity index (χ3v) is 2.20. The normalized spacial score (nSPS) is 10.4. The molecule has 0 aliphatic rings. The molecule has 2 rings (SSSR count). The fourth-order valence-corrected chi connectivity index (χ4v) is 1.44. The lowest BCUT2D eigenvalue weighted by molar-refractivity contribution is -0.137. The van der Waals surface area contributed by atoms with E-state index in [1.165, 1.54) is 4.68 Å². The maximum atomic E-state index is 10.5. The highest BCUT2D eigenvalue weighted by Crippen LogP contribution is 2.15. The van der Waals surface area contributed by atoms with Crippen molar-refractivity contribution in [2.75, 3.05) is 0 Å². The monoisotopic (exact) mass is 233 g/mol. The van der Waals surface area contributed by atoms with E-state index in [0.29, 0.717) is 5.82 Å². The Bertz CT molecular complexity index is 537. The van der Waals surface area contributed by atoms with Crippen molar-refractivity contribution in [2.24, 2.45) is 0 Å². The van der Waals surface area contributed by atoms with Crippen LogP contribution in [0.5, 0.6) is 0 Å². The fourth-order valence-electron chi connectivity index (χ4n) is 1.44. The zero-order valence-electron chi connectivity index (χ0n) is 9.24. The van der Waals surface area contributed by atoms with Gasteiger partial charge in [0.2, 0.25) is 0 Å². The average molecular weight is 233 g/mol. The van der Waals surface area contributed by atoms with E-state index in [0.717, 1.165) is 11.1 Å². The second-order valence-corrected chi connectivity index (χ2v) is 3.62. The first-order valence-corrected chi connectivity index (χ1v) is 5.07. The molecule has 0 radical (unpaired) electrons. The van der Waals surface area contributed by atoms with E-state index in [9.17, 15) is 4.79 Å². The molecule has 0 aliphatic carbocycles. The minimum Gasteiger partial charge on any atom is -0.481 e. The third-order valence-electron chi connectivity index (χ3n) is 2.20. The van der Waals surface area contributed by atoms with Gasteiger partial charge < -0.3 is 5.11 Å². The first kappa shape index (κ1) is 11.2. The number of aromatic nitrogens is 5. The molecule has 1 N–H and O–H groups in total. The summed E-state index contributed by atoms with van der Waals surface area (Å²) in [6.45, 7) is 2.16. The molecule has 0 saturated carbocycles. The molecule has 2 aromatic heterocycles. The highest BCUT2D eigenvalue weighted by molar-refractivity contribution is 5.66. The van der Waals surface area contributed by atoms with Gasteiger partial charge in [-0.3, -0.25) is 9.78 Å². The van der Waals surface area contributed by atoms with Crippen LogP contribution in [0.15, 0.2) is 18.5 Å². The molecule has 17 heavy (non-hydrogen) atoms. The zero-order chi connectivity index (χ0) is 12.3. The highest BCUT2D eigenvalue weighted by atomic mass is 16.4. The summed E-state index contributed by atoms with van der Waals surface area (Å²) in [5.74, 6) is -0.351. The number of nitrogens with zero attached hydrogens (tertiary/aromatic N) is 5. The molecule has 0 amide bonds. The Labute approximate surface area is 97.1 Å². The van der Waals surface area contributed by atoms with Crippen LogP contribution in [0.25, 0.3) is 11.4 Å². The van der Waals surface area contributed by atoms with Gasteiger partial charge in [0.15, 0.2) is 5.82 Å². The van der Waals surface area contributed by atoms with Gasteiger partial charge in [0, 0.05) is 18.0 Å². The molecule has 0 saturated heterocycles. The van der Waals surface area contributed by atoms with Crippen molar-refractivity contribution in [3.63, 3.8) is 0 Å². The van der Waals surface area contributed by atoms with Gasteiger partial charge in [-0.15, -0.1) is 5.10 Å². The molecule has 7 heteroatoms. The largest absolute Gasteiger partial charge is 0.481 e. The van der Waals surface area contributed by atoms with Crippen LogP contribution in [0.2, 0.25) is 0 Å². The van der Waals surface area contributed by atoms with Crippen molar-refractivity contribution >= 4 is 5.97 Å². The number of carboxylic acid groups (broad SMARTS) is 1. The van der Waals surface area contributed by atoms with Gasteiger partial charge in [0.1, 0.15) is 0 Å². The maximum Gasteiger partial charge on any atom is 0.305 e. The lowest BCUT2D eigenvalue weighted by Gasteiger charge is -2.02. The number of rotatable bonds is 4. The molecule has 0 aliphatic heterocycles. The van der Waals surface area contributed by atoms with Crippen molar-refractivity contribution in [1.82, 2.24) is 25.2 Å². The van der Waals surface area contributed by atoms with Crippen molar-refractivity contribution in [3.05, 3.63) is 24.0 Å². The van der Waals surface area contributed by atoms with Crippen LogP contribution in [-0.2, 0) is 11.3 Å². The molecule has 2 heterocycles. The highest BCUT2D eigenvalue weighted by Gasteiger charge is 2.10. The summed E-state index contributed by atoms with van der Waals surface area (Å²) < 4.78 is 1.46. The number of hydrogen-bond donors (Lipinski definition) is 1. The van der Waals surface area contributed by atoms with E-state index in [1.807, 2.05) is 13.0 Å². The van der Waals surface area contributed by atoms with Crippen LogP contribution in [0.1, 0.15) is 12.0 Å². The zero-order valence-corrected chi connectivity index (χ0v) is 9.24. The summed E-state index contributed by atoms with van der Waals surface area (Å²) in [4.78, 5) is 14.6. The van der Waals surface area contributed by atoms with Crippen molar-refractivity contribution < 1.29 is 9.90 Å². The predicted octanol–water partition coefficient (Wildman–Crippen LogP) is 0.518. The molecule has 0 spiro atoms. The van der Waals surface area contributed by atoms with Gasteiger partial charge in [-0.25, -0.2) is 4.68 Å². The number of carbonyl (C=O) groups is 1. The molecule has 0 unspecified atom stereocenters. The van der Waals surface area contributed by atoms with Crippen LogP contribution in [0.4, 0.5) is 0 Å². The van der Waals surface area contributed by atoms with Crippen molar-refractivity contribution in [1.29, 1.82) is 0 Å². The summed E-state index contributed by atoms with van der Waals surface area (Å²) in [7, 11) is 0. The Morgan fingerprint density at radius 1 is 1.47 bits per heavy atom. The molecular formula is C10H11N5O2. The third kappa shape index (κ3) is 2.63. The Morgan fingerprint density at radius 3 is 3.00 bits per heavy atom. The van der Waals surface area contributed by atoms with Crippen LogP contribution in [-0.4, -0.2) is 36.3 Å². The standard InChI is InChI=1S/C10H11N5O2/c1-7-4-8(6-11-5-7)10-12-13-14-15(10)3-2-9(16)17/h4-6H,2-3H2,1H3,(H,16,17). The molecule has 2 aromatic rings. The first-order chi connectivity index (χ1) is 8.16. The lowest BCUT2D eigenvalue weighted by atomic mass is 10.2. The number of carboxylic acids is 1. The Kier molecular flexibility index (Phi) is 3.08. The molecular weight excluding hydrogens is 222 g/mol. The van der Waals surface area contributed by atoms with E-state index in [-0.39, 0.29) is 13.0 Å². The SMILES string of the molecule is Cc1cncc(-c2nnnn2CCC(=O)O)c1. The minimum atomic E-state index is -0.881. The van der Waals surface area contributed by atoms with Gasteiger partial charge in [-0.1, -0.05) is 0 Å². The van der Waals surface area contributed by atoms with Gasteiger partial charge >= 0.3 is 5.97 Å². The van der Waals surface area contributed by atoms with Gasteiger partial charge in [-0.05, 0) is 29.0 Å². The van der Waals surface area contributed by atoms with E-state index < -0.39 is 5.97 Å². The summed E-state index contributed by atoms with van der Waals surface area (Å²) in [5, 5.41) is 19.8. The topological polar surface area (TPSA) is 93.8 Å². The lowest BCUT2D eigenvalue weighted by Crippen LogP contribution is -2.07. The van der Waals surface area contributed by atoms with Crippen molar-refractivity contribution in [2.45, 2.75) is 19.9 Å². The molecule has 0 atom stereocenters. The number of aliphatic carboxylic acids is 1. The van der Waals surface area contributed by atoms with Crippen molar-refractivity contribution in [3.8, 4) is 11.4 Å². The molecule has 0 bridgehead atoms. The van der Waals surface area contributed by atoms with Crippen LogP contribution in [0, 0.1) is 6.92 Å². The van der Waals surface area contributed by atoms with E-state index >= 15 is 0 Å².